The van der Waals surface area contributed by atoms with E-state index in [1.54, 1.807) is 21.3 Å². The molecule has 1 fully saturated rings. The minimum absolute atomic E-state index is 0.0787. The van der Waals surface area contributed by atoms with Gasteiger partial charge in [0.1, 0.15) is 0 Å². The molecular formula is C24H29N3O3S. The number of amides is 1. The highest BCUT2D eigenvalue weighted by Gasteiger charge is 2.26. The number of aryl methyl sites for hydroxylation is 1. The van der Waals surface area contributed by atoms with E-state index in [0.29, 0.717) is 37.5 Å². The van der Waals surface area contributed by atoms with Gasteiger partial charge >= 0.3 is 0 Å². The van der Waals surface area contributed by atoms with E-state index in [9.17, 15) is 13.2 Å². The lowest BCUT2D eigenvalue weighted by Gasteiger charge is -2.25. The van der Waals surface area contributed by atoms with Crippen LogP contribution in [0.4, 0.5) is 0 Å². The molecule has 4 rings (SSSR count). The van der Waals surface area contributed by atoms with Crippen LogP contribution in [0.25, 0.3) is 10.9 Å². The van der Waals surface area contributed by atoms with Crippen molar-refractivity contribution in [2.24, 2.45) is 0 Å². The zero-order valence-electron chi connectivity index (χ0n) is 17.9. The Labute approximate surface area is 184 Å². The third-order valence-electron chi connectivity index (χ3n) is 5.95. The van der Waals surface area contributed by atoms with Crippen molar-refractivity contribution in [1.82, 2.24) is 13.8 Å². The summed E-state index contributed by atoms with van der Waals surface area (Å²) in [4.78, 5) is 14.7. The standard InChI is InChI=1S/C24H29N3O3S/c1-25(19-20-8-4-2-5-9-20)24(28)13-17-26-16-12-21-18-22(10-11-23(21)26)31(29,30)27-14-6-3-7-15-27/h2,4-5,8-12,16,18H,3,6-7,13-15,17,19H2,1H3. The van der Waals surface area contributed by atoms with Crippen molar-refractivity contribution in [3.05, 3.63) is 66.4 Å². The molecule has 0 radical (unpaired) electrons. The third-order valence-corrected chi connectivity index (χ3v) is 7.84. The SMILES string of the molecule is CN(Cc1ccccc1)C(=O)CCn1ccc2cc(S(=O)(=O)N3CCCCC3)ccc21. The topological polar surface area (TPSA) is 62.6 Å². The number of carbonyl (C=O) groups is 1. The summed E-state index contributed by atoms with van der Waals surface area (Å²) in [5, 5.41) is 0.878. The van der Waals surface area contributed by atoms with E-state index >= 15 is 0 Å². The van der Waals surface area contributed by atoms with Crippen LogP contribution in [-0.2, 0) is 27.9 Å². The Bertz CT molecular complexity index is 1150. The van der Waals surface area contributed by atoms with Crippen molar-refractivity contribution in [3.8, 4) is 0 Å². The van der Waals surface area contributed by atoms with E-state index in [2.05, 4.69) is 0 Å². The van der Waals surface area contributed by atoms with Crippen molar-refractivity contribution in [2.45, 2.75) is 43.7 Å². The highest BCUT2D eigenvalue weighted by molar-refractivity contribution is 7.89. The average molecular weight is 440 g/mol. The first-order chi connectivity index (χ1) is 14.9. The Kier molecular flexibility index (Phi) is 6.43. The number of benzene rings is 2. The van der Waals surface area contributed by atoms with Crippen molar-refractivity contribution in [3.63, 3.8) is 0 Å². The third kappa shape index (κ3) is 4.83. The smallest absolute Gasteiger partial charge is 0.243 e. The van der Waals surface area contributed by atoms with Gasteiger partial charge in [-0.1, -0.05) is 36.8 Å². The fourth-order valence-electron chi connectivity index (χ4n) is 4.14. The van der Waals surface area contributed by atoms with Gasteiger partial charge in [0.2, 0.25) is 15.9 Å². The summed E-state index contributed by atoms with van der Waals surface area (Å²) in [5.41, 5.74) is 2.04. The Morgan fingerprint density at radius 1 is 1.00 bits per heavy atom. The Balaban J connectivity index is 1.43. The Morgan fingerprint density at radius 2 is 1.74 bits per heavy atom. The molecule has 0 atom stereocenters. The predicted octanol–water partition coefficient (Wildman–Crippen LogP) is 3.86. The molecule has 3 aromatic rings. The number of piperidine rings is 1. The normalized spacial score (nSPS) is 15.3. The zero-order valence-corrected chi connectivity index (χ0v) is 18.7. The first-order valence-corrected chi connectivity index (χ1v) is 12.3. The fourth-order valence-corrected chi connectivity index (χ4v) is 5.69. The van der Waals surface area contributed by atoms with E-state index in [1.807, 2.05) is 60.3 Å². The lowest BCUT2D eigenvalue weighted by Crippen LogP contribution is -2.35. The molecule has 0 bridgehead atoms. The maximum absolute atomic E-state index is 12.9. The maximum atomic E-state index is 12.9. The number of fused-ring (bicyclic) bond motifs is 1. The molecule has 1 aliphatic rings. The molecule has 2 heterocycles. The van der Waals surface area contributed by atoms with Crippen LogP contribution in [0.3, 0.4) is 0 Å². The van der Waals surface area contributed by atoms with Gasteiger partial charge in [0.25, 0.3) is 0 Å². The average Bonchev–Trinajstić information content (AvgIpc) is 3.21. The van der Waals surface area contributed by atoms with Gasteiger partial charge in [-0.25, -0.2) is 8.42 Å². The minimum Gasteiger partial charge on any atom is -0.347 e. The molecule has 0 saturated carbocycles. The molecule has 1 aromatic heterocycles. The number of hydrogen-bond acceptors (Lipinski definition) is 3. The van der Waals surface area contributed by atoms with Gasteiger partial charge < -0.3 is 9.47 Å². The van der Waals surface area contributed by atoms with Gasteiger partial charge in [-0.2, -0.15) is 4.31 Å². The molecule has 0 N–H and O–H groups in total. The monoisotopic (exact) mass is 439 g/mol. The quantitative estimate of drug-likeness (QED) is 0.562. The van der Waals surface area contributed by atoms with Crippen LogP contribution in [0.1, 0.15) is 31.2 Å². The Hall–Kier alpha value is -2.64. The van der Waals surface area contributed by atoms with E-state index in [-0.39, 0.29) is 5.91 Å². The molecule has 1 saturated heterocycles. The molecule has 1 amide bonds. The van der Waals surface area contributed by atoms with Crippen molar-refractivity contribution < 1.29 is 13.2 Å². The molecule has 7 heteroatoms. The van der Waals surface area contributed by atoms with Crippen molar-refractivity contribution >= 4 is 26.8 Å². The van der Waals surface area contributed by atoms with Gasteiger partial charge in [0.05, 0.1) is 4.90 Å². The van der Waals surface area contributed by atoms with Crippen LogP contribution in [0, 0.1) is 0 Å². The zero-order chi connectivity index (χ0) is 21.8. The van der Waals surface area contributed by atoms with E-state index in [1.165, 1.54) is 0 Å². The molecule has 0 aliphatic carbocycles. The summed E-state index contributed by atoms with van der Waals surface area (Å²) in [6.45, 7) is 2.34. The number of nitrogens with zero attached hydrogens (tertiary/aromatic N) is 3. The maximum Gasteiger partial charge on any atom is 0.243 e. The molecule has 31 heavy (non-hydrogen) atoms. The molecule has 1 aliphatic heterocycles. The fraction of sp³-hybridized carbons (Fsp3) is 0.375. The second-order valence-electron chi connectivity index (χ2n) is 8.18. The van der Waals surface area contributed by atoms with Crippen LogP contribution >= 0.6 is 0 Å². The first-order valence-electron chi connectivity index (χ1n) is 10.8. The van der Waals surface area contributed by atoms with Gasteiger partial charge in [0, 0.05) is 56.7 Å². The van der Waals surface area contributed by atoms with E-state index in [4.69, 9.17) is 0 Å². The second-order valence-corrected chi connectivity index (χ2v) is 10.1. The summed E-state index contributed by atoms with van der Waals surface area (Å²) in [6, 6.07) is 17.1. The summed E-state index contributed by atoms with van der Waals surface area (Å²) in [6.07, 6.45) is 5.25. The van der Waals surface area contributed by atoms with Gasteiger partial charge in [0.15, 0.2) is 0 Å². The summed E-state index contributed by atoms with van der Waals surface area (Å²) in [7, 11) is -1.63. The van der Waals surface area contributed by atoms with Crippen LogP contribution in [0.15, 0.2) is 65.7 Å². The number of rotatable bonds is 7. The van der Waals surface area contributed by atoms with Gasteiger partial charge in [-0.05, 0) is 42.7 Å². The largest absolute Gasteiger partial charge is 0.347 e. The number of carbonyl (C=O) groups excluding carboxylic acids is 1. The lowest BCUT2D eigenvalue weighted by molar-refractivity contribution is -0.130. The molecule has 2 aromatic carbocycles. The number of hydrogen-bond donors (Lipinski definition) is 0. The van der Waals surface area contributed by atoms with Crippen molar-refractivity contribution in [1.29, 1.82) is 0 Å². The van der Waals surface area contributed by atoms with E-state index in [0.717, 1.165) is 35.7 Å². The van der Waals surface area contributed by atoms with Gasteiger partial charge in [-0.15, -0.1) is 0 Å². The predicted molar refractivity (Wildman–Crippen MR) is 122 cm³/mol. The molecule has 6 nitrogen and oxygen atoms in total. The highest BCUT2D eigenvalue weighted by Crippen LogP contribution is 2.25. The van der Waals surface area contributed by atoms with Crippen molar-refractivity contribution in [2.75, 3.05) is 20.1 Å². The van der Waals surface area contributed by atoms with E-state index < -0.39 is 10.0 Å². The first kappa shape index (κ1) is 21.6. The summed E-state index contributed by atoms with van der Waals surface area (Å²) in [5.74, 6) is 0.0787. The van der Waals surface area contributed by atoms with Gasteiger partial charge in [-0.3, -0.25) is 4.79 Å². The Morgan fingerprint density at radius 3 is 2.48 bits per heavy atom. The minimum atomic E-state index is -3.45. The van der Waals surface area contributed by atoms with Crippen LogP contribution in [0.5, 0.6) is 0 Å². The molecule has 0 unspecified atom stereocenters. The molecular weight excluding hydrogens is 410 g/mol. The lowest BCUT2D eigenvalue weighted by atomic mass is 10.2. The second kappa shape index (κ2) is 9.24. The van der Waals surface area contributed by atoms with Crippen LogP contribution in [0.2, 0.25) is 0 Å². The molecule has 0 spiro atoms. The molecule has 164 valence electrons. The summed E-state index contributed by atoms with van der Waals surface area (Å²) >= 11 is 0. The highest BCUT2D eigenvalue weighted by atomic mass is 32.2. The number of aromatic nitrogens is 1. The summed E-state index contributed by atoms with van der Waals surface area (Å²) < 4.78 is 29.5. The number of sulfonamides is 1. The van der Waals surface area contributed by atoms with Crippen LogP contribution in [-0.4, -0.2) is 48.2 Å². The van der Waals surface area contributed by atoms with Crippen LogP contribution < -0.4 is 0 Å².